The summed E-state index contributed by atoms with van der Waals surface area (Å²) < 4.78 is 246. The van der Waals surface area contributed by atoms with E-state index in [4.69, 9.17) is 14.6 Å². The molecule has 0 saturated heterocycles. The van der Waals surface area contributed by atoms with Crippen molar-refractivity contribution in [1.29, 1.82) is 0 Å². The fourth-order valence-electron chi connectivity index (χ4n) is 11.4. The zero-order valence-electron chi connectivity index (χ0n) is 40.5. The average molecular weight is 1150 g/mol. The van der Waals surface area contributed by atoms with Crippen molar-refractivity contribution in [2.75, 3.05) is 0 Å². The molecule has 0 amide bonds. The molecule has 14 nitrogen and oxygen atoms in total. The van der Waals surface area contributed by atoms with E-state index in [0.717, 1.165) is 68.8 Å². The molecule has 10 rings (SSSR count). The van der Waals surface area contributed by atoms with Crippen LogP contribution in [-0.4, -0.2) is 79.0 Å². The molecule has 2 aromatic heterocycles. The van der Waals surface area contributed by atoms with Crippen molar-refractivity contribution >= 4 is 10.1 Å². The van der Waals surface area contributed by atoms with Gasteiger partial charge in [0, 0.05) is 70.2 Å². The quantitative estimate of drug-likeness (QED) is 0.0317. The van der Waals surface area contributed by atoms with Crippen molar-refractivity contribution in [3.8, 4) is 34.0 Å². The molecule has 30 heteroatoms. The fourth-order valence-corrected chi connectivity index (χ4v) is 12.6. The summed E-state index contributed by atoms with van der Waals surface area (Å²) in [6, 6.07) is 11.1. The predicted molar refractivity (Wildman–Crippen MR) is 241 cm³/mol. The standard InChI is InChI=1S/C26H24F12N2O5S.C22H24F3N5O2/c27-22(28,24(31,32)33)23(29,30)25(34,35)46(41,42)45-20-13-7-8-14(20)10-15(9-13)39-11-17-19(40-44-21(17)12-5-6-12)16-3-1-2-4-18(16)43-26(36,37)38;23-22(24,25)31-18-4-2-1-3-16(18)20-17(21(32-29-20)12-5-6-12)11-27-15-9-13-7-8-14(10-15)19(13)28-30-26/h1-4,12-15,20,39H,5-11H2;1-4,12-15,19,27H,5-11H2. The first kappa shape index (κ1) is 57.2. The number of para-hydroxylation sites is 2. The minimum absolute atomic E-state index is 0.00942. The Hall–Kier alpha value is -5.45. The molecule has 428 valence electrons. The second kappa shape index (κ2) is 21.2. The van der Waals surface area contributed by atoms with Gasteiger partial charge >= 0.3 is 46.1 Å². The van der Waals surface area contributed by atoms with E-state index in [1.54, 1.807) is 12.1 Å². The molecule has 2 N–H and O–H groups in total. The first-order valence-electron chi connectivity index (χ1n) is 24.8. The number of rotatable bonds is 18. The molecular weight excluding hydrogens is 1100 g/mol. The van der Waals surface area contributed by atoms with Crippen LogP contribution < -0.4 is 20.1 Å². The molecule has 6 saturated carbocycles. The van der Waals surface area contributed by atoms with E-state index in [0.29, 0.717) is 35.4 Å². The van der Waals surface area contributed by atoms with Crippen LogP contribution in [0.4, 0.5) is 65.9 Å². The number of ether oxygens (including phenoxy) is 2. The highest BCUT2D eigenvalue weighted by molar-refractivity contribution is 7.87. The Morgan fingerprint density at radius 3 is 1.37 bits per heavy atom. The molecule has 6 aliphatic carbocycles. The van der Waals surface area contributed by atoms with E-state index in [1.807, 2.05) is 0 Å². The van der Waals surface area contributed by atoms with Crippen molar-refractivity contribution in [3.63, 3.8) is 0 Å². The number of fused-ring (bicyclic) bond motifs is 4. The third-order valence-corrected chi connectivity index (χ3v) is 16.7. The highest BCUT2D eigenvalue weighted by atomic mass is 32.2. The van der Waals surface area contributed by atoms with Gasteiger partial charge in [0.25, 0.3) is 0 Å². The van der Waals surface area contributed by atoms with Crippen molar-refractivity contribution in [3.05, 3.63) is 81.6 Å². The van der Waals surface area contributed by atoms with Crippen molar-refractivity contribution < 1.29 is 97.0 Å². The van der Waals surface area contributed by atoms with E-state index >= 15 is 0 Å². The Morgan fingerprint density at radius 1 is 0.590 bits per heavy atom. The van der Waals surface area contributed by atoms with Crippen LogP contribution in [0.15, 0.2) is 62.7 Å². The number of azide groups is 1. The largest absolute Gasteiger partial charge is 0.573 e. The van der Waals surface area contributed by atoms with Crippen LogP contribution in [0.5, 0.6) is 11.5 Å². The average Bonchev–Trinajstić information content (AvgIpc) is 4.39. The minimum Gasteiger partial charge on any atom is -0.405 e. The minimum atomic E-state index is -7.40. The smallest absolute Gasteiger partial charge is 0.405 e. The molecule has 2 heterocycles. The highest BCUT2D eigenvalue weighted by Crippen LogP contribution is 2.57. The van der Waals surface area contributed by atoms with Crippen LogP contribution in [0.2, 0.25) is 0 Å². The van der Waals surface area contributed by atoms with Crippen molar-refractivity contribution in [1.82, 2.24) is 20.9 Å². The topological polar surface area (TPSA) is 187 Å². The summed E-state index contributed by atoms with van der Waals surface area (Å²) in [6.07, 6.45) is -11.0. The third kappa shape index (κ3) is 11.7. The second-order valence-corrected chi connectivity index (χ2v) is 22.2. The Labute approximate surface area is 433 Å². The van der Waals surface area contributed by atoms with Gasteiger partial charge in [-0.15, -0.1) is 26.3 Å². The highest BCUT2D eigenvalue weighted by Gasteiger charge is 2.86. The van der Waals surface area contributed by atoms with Gasteiger partial charge in [-0.2, -0.15) is 47.9 Å². The van der Waals surface area contributed by atoms with E-state index in [9.17, 15) is 74.3 Å². The van der Waals surface area contributed by atoms with Crippen molar-refractivity contribution in [2.24, 2.45) is 28.8 Å². The summed E-state index contributed by atoms with van der Waals surface area (Å²) in [6.45, 7) is 0.428. The SMILES string of the molecule is O=S(=O)(OC1C2CCC1CC(NCc1c(-c3ccccc3OC(F)(F)F)noc1C1CC1)C2)C(F)(F)C(F)(F)C(F)(F)C(F)(F)F.[N-]=[N+]=NC1C2CCC1CC(NCc1c(-c3ccccc3OC(F)(F)F)noc1C1CC1)C2. The van der Waals surface area contributed by atoms with Gasteiger partial charge in [0.2, 0.25) is 0 Å². The number of alkyl halides is 15. The normalized spacial score (nSPS) is 25.8. The van der Waals surface area contributed by atoms with Crippen LogP contribution >= 0.6 is 0 Å². The molecule has 4 bridgehead atoms. The second-order valence-electron chi connectivity index (χ2n) is 20.6. The fraction of sp³-hybridized carbons (Fsp3) is 0.625. The molecule has 6 fully saturated rings. The Morgan fingerprint density at radius 2 is 0.987 bits per heavy atom. The number of nitrogens with zero attached hydrogens (tertiary/aromatic N) is 5. The maximum atomic E-state index is 14.3. The van der Waals surface area contributed by atoms with Gasteiger partial charge in [0.1, 0.15) is 34.4 Å². The van der Waals surface area contributed by atoms with Gasteiger partial charge in [-0.3, -0.25) is 4.18 Å². The molecule has 6 aliphatic rings. The summed E-state index contributed by atoms with van der Waals surface area (Å²) in [5.41, 5.74) is 10.7. The predicted octanol–water partition coefficient (Wildman–Crippen LogP) is 13.6. The molecule has 2 aromatic carbocycles. The van der Waals surface area contributed by atoms with E-state index in [1.165, 1.54) is 30.3 Å². The van der Waals surface area contributed by atoms with Crippen LogP contribution in [-0.2, 0) is 27.4 Å². The summed E-state index contributed by atoms with van der Waals surface area (Å²) in [5.74, 6) is -15.3. The van der Waals surface area contributed by atoms with Gasteiger partial charge in [-0.05, 0) is 131 Å². The number of nitrogens with one attached hydrogen (secondary N) is 2. The lowest BCUT2D eigenvalue weighted by molar-refractivity contribution is -0.383. The van der Waals surface area contributed by atoms with Gasteiger partial charge < -0.3 is 29.2 Å². The Balaban J connectivity index is 0.000000202. The van der Waals surface area contributed by atoms with Crippen LogP contribution in [0.25, 0.3) is 33.0 Å². The number of halogens is 15. The zero-order chi connectivity index (χ0) is 56.4. The molecule has 78 heavy (non-hydrogen) atoms. The van der Waals surface area contributed by atoms with Gasteiger partial charge in [0.15, 0.2) is 0 Å². The van der Waals surface area contributed by atoms with E-state index < -0.39 is 75.8 Å². The van der Waals surface area contributed by atoms with E-state index in [2.05, 4.69) is 44.6 Å². The van der Waals surface area contributed by atoms with Gasteiger partial charge in [0.05, 0.1) is 6.10 Å². The lowest BCUT2D eigenvalue weighted by Gasteiger charge is -2.37. The van der Waals surface area contributed by atoms with Crippen molar-refractivity contribution in [2.45, 2.75) is 162 Å². The molecule has 4 aromatic rings. The molecule has 4 atom stereocenters. The first-order chi connectivity index (χ1) is 36.5. The van der Waals surface area contributed by atoms with Gasteiger partial charge in [-0.25, -0.2) is 0 Å². The monoisotopic (exact) mass is 1150 g/mol. The Kier molecular flexibility index (Phi) is 15.6. The van der Waals surface area contributed by atoms with Gasteiger partial charge in [-0.1, -0.05) is 39.7 Å². The molecular formula is C48H48F15N7O7S. The summed E-state index contributed by atoms with van der Waals surface area (Å²) in [5, 5.41) is 11.9. The van der Waals surface area contributed by atoms with E-state index in [-0.39, 0.29) is 78.7 Å². The molecule has 0 spiro atoms. The summed E-state index contributed by atoms with van der Waals surface area (Å²) in [7, 11) is -7.01. The van der Waals surface area contributed by atoms with Crippen LogP contribution in [0.1, 0.15) is 112 Å². The summed E-state index contributed by atoms with van der Waals surface area (Å²) in [4.78, 5) is 3.02. The zero-order valence-corrected chi connectivity index (χ0v) is 41.3. The summed E-state index contributed by atoms with van der Waals surface area (Å²) >= 11 is 0. The van der Waals surface area contributed by atoms with Crippen LogP contribution in [0.3, 0.4) is 0 Å². The molecule has 4 unspecified atom stereocenters. The number of aromatic nitrogens is 2. The lowest BCUT2D eigenvalue weighted by Crippen LogP contribution is -2.63. The third-order valence-electron chi connectivity index (χ3n) is 15.3. The number of hydrogen-bond acceptors (Lipinski definition) is 12. The van der Waals surface area contributed by atoms with Crippen LogP contribution in [0, 0.1) is 23.7 Å². The molecule has 0 aliphatic heterocycles. The Bertz CT molecular complexity index is 2930. The maximum absolute atomic E-state index is 14.3. The maximum Gasteiger partial charge on any atom is 0.573 e. The molecule has 0 radical (unpaired) electrons. The number of benzene rings is 2. The lowest BCUT2D eigenvalue weighted by atomic mass is 9.81. The first-order valence-corrected chi connectivity index (χ1v) is 26.2. The number of hydrogen-bond donors (Lipinski definition) is 2.